The van der Waals surface area contributed by atoms with Gasteiger partial charge in [0.15, 0.2) is 24.1 Å². The maximum atomic E-state index is 14.2. The average molecular weight is 639 g/mol. The predicted molar refractivity (Wildman–Crippen MR) is 148 cm³/mol. The molecule has 0 aliphatic carbocycles. The van der Waals surface area contributed by atoms with Gasteiger partial charge in [0.1, 0.15) is 48.5 Å². The van der Waals surface area contributed by atoms with Gasteiger partial charge >= 0.3 is 13.5 Å². The van der Waals surface area contributed by atoms with E-state index in [1.807, 2.05) is 0 Å². The van der Waals surface area contributed by atoms with E-state index in [4.69, 9.17) is 46.7 Å². The fourth-order valence-corrected chi connectivity index (χ4v) is 7.86. The van der Waals surface area contributed by atoms with Crippen molar-refractivity contribution in [1.29, 1.82) is 0 Å². The lowest BCUT2D eigenvalue weighted by Crippen LogP contribution is -2.43. The number of hydrogen-bond donors (Lipinski definition) is 1. The predicted octanol–water partition coefficient (Wildman–Crippen LogP) is 2.43. The Kier molecular flexibility index (Phi) is 7.25. The van der Waals surface area contributed by atoms with Crippen LogP contribution < -0.4 is 16.0 Å². The molecular formula is C28H35N2O13P. The van der Waals surface area contributed by atoms with Gasteiger partial charge < -0.3 is 33.2 Å². The van der Waals surface area contributed by atoms with Crippen molar-refractivity contribution in [2.24, 2.45) is 0 Å². The zero-order valence-corrected chi connectivity index (χ0v) is 25.9. The largest absolute Gasteiger partial charge is 0.497 e. The quantitative estimate of drug-likeness (QED) is 0.459. The molecule has 1 aromatic heterocycles. The molecule has 16 heteroatoms. The Morgan fingerprint density at radius 2 is 1.57 bits per heavy atom. The average Bonchev–Trinajstić information content (AvgIpc) is 3.65. The summed E-state index contributed by atoms with van der Waals surface area (Å²) in [6.07, 6.45) is -5.70. The van der Waals surface area contributed by atoms with Crippen molar-refractivity contribution >= 4 is 7.82 Å². The van der Waals surface area contributed by atoms with Crippen LogP contribution in [0, 0.1) is 6.92 Å². The Labute approximate surface area is 252 Å². The first-order valence-corrected chi connectivity index (χ1v) is 15.8. The second-order valence-corrected chi connectivity index (χ2v) is 13.9. The smallest absolute Gasteiger partial charge is 0.476 e. The van der Waals surface area contributed by atoms with Crippen LogP contribution >= 0.6 is 7.82 Å². The summed E-state index contributed by atoms with van der Waals surface area (Å²) in [4.78, 5) is 27.0. The highest BCUT2D eigenvalue weighted by atomic mass is 31.2. The molecule has 2 aromatic rings. The standard InChI is InChI=1S/C28H35N2O13P/c1-13-11-30(26(32)29-23(13)31)24-21-18(38-27(2,3)39-21)16(36-24)12-35-44(33)42-17(14-7-9-15(34-6)10-8-14)19-20(43-44)22-25(37-19)41-28(4,5)40-22/h7-11,16-22,24-25H,12H2,1-6H3,(H,29,31,32)/t16-,17+,18-,19-,20+,21-,22-,24-,25-,44-/m1/s1. The summed E-state index contributed by atoms with van der Waals surface area (Å²) in [7, 11) is -2.73. The molecule has 44 heavy (non-hydrogen) atoms. The third-order valence-electron chi connectivity index (χ3n) is 8.21. The Morgan fingerprint density at radius 3 is 2.30 bits per heavy atom. The molecule has 0 amide bonds. The lowest BCUT2D eigenvalue weighted by atomic mass is 9.99. The maximum Gasteiger partial charge on any atom is 0.476 e. The molecule has 1 aromatic carbocycles. The number of benzene rings is 1. The number of aromatic nitrogens is 2. The zero-order chi connectivity index (χ0) is 31.2. The lowest BCUT2D eigenvalue weighted by molar-refractivity contribution is -0.232. The second-order valence-electron chi connectivity index (χ2n) is 12.3. The van der Waals surface area contributed by atoms with E-state index in [1.54, 1.807) is 66.0 Å². The molecule has 5 saturated heterocycles. The van der Waals surface area contributed by atoms with Crippen molar-refractivity contribution in [3.8, 4) is 5.75 Å². The minimum absolute atomic E-state index is 0.296. The number of aryl methyl sites for hydroxylation is 1. The van der Waals surface area contributed by atoms with E-state index >= 15 is 0 Å². The Balaban J connectivity index is 1.15. The Bertz CT molecular complexity index is 1590. The first-order valence-electron chi connectivity index (χ1n) is 14.3. The van der Waals surface area contributed by atoms with Crippen molar-refractivity contribution < 1.29 is 51.3 Å². The number of methoxy groups -OCH3 is 1. The summed E-state index contributed by atoms with van der Waals surface area (Å²) >= 11 is 0. The molecule has 1 N–H and O–H groups in total. The molecule has 7 rings (SSSR count). The van der Waals surface area contributed by atoms with Crippen molar-refractivity contribution in [2.45, 2.75) is 101 Å². The third kappa shape index (κ3) is 5.28. The van der Waals surface area contributed by atoms with Crippen LogP contribution in [0.4, 0.5) is 0 Å². The van der Waals surface area contributed by atoms with Gasteiger partial charge in [-0.1, -0.05) is 12.1 Å². The minimum atomic E-state index is -4.29. The Morgan fingerprint density at radius 1 is 0.886 bits per heavy atom. The van der Waals surface area contributed by atoms with Gasteiger partial charge in [-0.05, 0) is 52.3 Å². The van der Waals surface area contributed by atoms with Crippen LogP contribution in [0.5, 0.6) is 5.75 Å². The minimum Gasteiger partial charge on any atom is -0.497 e. The molecule has 5 aliphatic heterocycles. The van der Waals surface area contributed by atoms with E-state index in [-0.39, 0.29) is 6.61 Å². The van der Waals surface area contributed by atoms with E-state index < -0.39 is 85.9 Å². The van der Waals surface area contributed by atoms with Crippen LogP contribution in [0.25, 0.3) is 0 Å². The van der Waals surface area contributed by atoms with E-state index in [0.29, 0.717) is 16.9 Å². The number of nitrogens with one attached hydrogen (secondary N) is 1. The van der Waals surface area contributed by atoms with Crippen molar-refractivity contribution in [2.75, 3.05) is 13.7 Å². The van der Waals surface area contributed by atoms with E-state index in [0.717, 1.165) is 0 Å². The number of ether oxygens (including phenoxy) is 7. The SMILES string of the molecule is COc1ccc([C@@H]2O[P@@](=O)(OC[C@H]3O[C@@H](n4cc(C)c(=O)[nH]c4=O)[C@@H]4OC(C)(C)O[C@@H]43)O[C@@H]3[C@H]4OC(C)(C)O[C@H]4O[C@@H]32)cc1. The monoisotopic (exact) mass is 638 g/mol. The molecule has 0 radical (unpaired) electrons. The van der Waals surface area contributed by atoms with Crippen molar-refractivity contribution in [1.82, 2.24) is 9.55 Å². The summed E-state index contributed by atoms with van der Waals surface area (Å²) in [6, 6.07) is 7.08. The third-order valence-corrected chi connectivity index (χ3v) is 9.66. The van der Waals surface area contributed by atoms with Gasteiger partial charge in [-0.2, -0.15) is 0 Å². The molecule has 15 nitrogen and oxygen atoms in total. The van der Waals surface area contributed by atoms with Gasteiger partial charge in [0.2, 0.25) is 0 Å². The van der Waals surface area contributed by atoms with E-state index in [2.05, 4.69) is 4.98 Å². The van der Waals surface area contributed by atoms with E-state index in [9.17, 15) is 14.2 Å². The van der Waals surface area contributed by atoms with Gasteiger partial charge in [0, 0.05) is 11.8 Å². The van der Waals surface area contributed by atoms with Crippen LogP contribution in [-0.2, 0) is 46.6 Å². The van der Waals surface area contributed by atoms with Crippen LogP contribution in [-0.4, -0.2) is 77.8 Å². The fourth-order valence-electron chi connectivity index (χ4n) is 6.30. The van der Waals surface area contributed by atoms with Crippen LogP contribution in [0.1, 0.15) is 51.2 Å². The molecule has 5 fully saturated rings. The van der Waals surface area contributed by atoms with Gasteiger partial charge in [-0.25, -0.2) is 9.36 Å². The number of aromatic amines is 1. The first kappa shape index (κ1) is 30.2. The van der Waals surface area contributed by atoms with Gasteiger partial charge in [0.05, 0.1) is 13.7 Å². The van der Waals surface area contributed by atoms with Crippen molar-refractivity contribution in [3.05, 3.63) is 62.4 Å². The van der Waals surface area contributed by atoms with Crippen LogP contribution in [0.15, 0.2) is 40.1 Å². The molecule has 6 heterocycles. The van der Waals surface area contributed by atoms with Crippen LogP contribution in [0.3, 0.4) is 0 Å². The summed E-state index contributed by atoms with van der Waals surface area (Å²) in [5.41, 5.74) is -0.200. The van der Waals surface area contributed by atoms with Crippen LogP contribution in [0.2, 0.25) is 0 Å². The highest BCUT2D eigenvalue weighted by molar-refractivity contribution is 7.48. The summed E-state index contributed by atoms with van der Waals surface area (Å²) < 4.78 is 75.3. The highest BCUT2D eigenvalue weighted by Crippen LogP contribution is 2.63. The zero-order valence-electron chi connectivity index (χ0n) is 25.0. The van der Waals surface area contributed by atoms with Gasteiger partial charge in [0.25, 0.3) is 5.56 Å². The summed E-state index contributed by atoms with van der Waals surface area (Å²) in [6.45, 7) is 8.26. The molecule has 0 spiro atoms. The number of H-pyrrole nitrogens is 1. The normalized spacial score (nSPS) is 40.0. The lowest BCUT2D eigenvalue weighted by Gasteiger charge is -2.38. The van der Waals surface area contributed by atoms with Crippen molar-refractivity contribution in [3.63, 3.8) is 0 Å². The van der Waals surface area contributed by atoms with Gasteiger partial charge in [-0.15, -0.1) is 0 Å². The summed E-state index contributed by atoms with van der Waals surface area (Å²) in [5.74, 6) is -1.31. The molecule has 10 atom stereocenters. The number of rotatable bonds is 6. The highest BCUT2D eigenvalue weighted by Gasteiger charge is 2.63. The number of hydrogen-bond acceptors (Lipinski definition) is 13. The molecule has 0 unspecified atom stereocenters. The molecule has 5 aliphatic rings. The Hall–Kier alpha value is -2.43. The topological polar surface area (TPSA) is 164 Å². The number of phosphoric acid groups is 1. The molecule has 0 saturated carbocycles. The number of phosphoric ester groups is 1. The number of nitrogens with zero attached hydrogens (tertiary/aromatic N) is 1. The van der Waals surface area contributed by atoms with E-state index in [1.165, 1.54) is 10.8 Å². The molecule has 0 bridgehead atoms. The fraction of sp³-hybridized carbons (Fsp3) is 0.643. The molecule has 240 valence electrons. The molecular weight excluding hydrogens is 603 g/mol. The first-order chi connectivity index (χ1) is 20.7. The number of fused-ring (bicyclic) bond motifs is 4. The van der Waals surface area contributed by atoms with Gasteiger partial charge in [-0.3, -0.25) is 27.9 Å². The second kappa shape index (κ2) is 10.6. The maximum absolute atomic E-state index is 14.2. The summed E-state index contributed by atoms with van der Waals surface area (Å²) in [5, 5.41) is 0.